The van der Waals surface area contributed by atoms with Crippen LogP contribution in [-0.2, 0) is 12.8 Å². The third-order valence-electron chi connectivity index (χ3n) is 3.13. The molecular formula is C15H25N. The second-order valence-corrected chi connectivity index (χ2v) is 4.62. The topological polar surface area (TPSA) is 3.24 Å². The minimum absolute atomic E-state index is 1.13. The first-order valence-electron chi connectivity index (χ1n) is 6.48. The molecule has 0 aliphatic heterocycles. The van der Waals surface area contributed by atoms with Crippen LogP contribution >= 0.6 is 0 Å². The number of benzene rings is 1. The van der Waals surface area contributed by atoms with Crippen LogP contribution in [0.1, 0.15) is 44.2 Å². The van der Waals surface area contributed by atoms with Gasteiger partial charge in [0, 0.05) is 19.8 Å². The Morgan fingerprint density at radius 2 is 1.81 bits per heavy atom. The summed E-state index contributed by atoms with van der Waals surface area (Å²) < 4.78 is 0. The van der Waals surface area contributed by atoms with Crippen LogP contribution in [0.3, 0.4) is 0 Å². The molecule has 0 spiro atoms. The molecule has 0 aliphatic rings. The van der Waals surface area contributed by atoms with Gasteiger partial charge in [-0.25, -0.2) is 0 Å². The normalized spacial score (nSPS) is 10.5. The average molecular weight is 219 g/mol. The van der Waals surface area contributed by atoms with Crippen LogP contribution in [-0.4, -0.2) is 14.1 Å². The Morgan fingerprint density at radius 1 is 1.06 bits per heavy atom. The summed E-state index contributed by atoms with van der Waals surface area (Å²) in [4.78, 5) is 2.22. The quantitative estimate of drug-likeness (QED) is 0.652. The van der Waals surface area contributed by atoms with Gasteiger partial charge in [0.15, 0.2) is 0 Å². The predicted octanol–water partition coefficient (Wildman–Crippen LogP) is 4.05. The molecule has 16 heavy (non-hydrogen) atoms. The standard InChI is InChI=1S/C15H25N/c1-5-7-8-10-13-11-9-12-15(16(3)4)14(13)6-2/h9,11-12H,5-8,10H2,1-4H3. The summed E-state index contributed by atoms with van der Waals surface area (Å²) in [7, 11) is 4.26. The summed E-state index contributed by atoms with van der Waals surface area (Å²) in [5.74, 6) is 0. The molecule has 1 nitrogen and oxygen atoms in total. The lowest BCUT2D eigenvalue weighted by molar-refractivity contribution is 0.713. The molecule has 0 radical (unpaired) electrons. The summed E-state index contributed by atoms with van der Waals surface area (Å²) in [5.41, 5.74) is 4.46. The van der Waals surface area contributed by atoms with E-state index in [-0.39, 0.29) is 0 Å². The van der Waals surface area contributed by atoms with E-state index in [0.717, 1.165) is 6.42 Å². The zero-order chi connectivity index (χ0) is 12.0. The fraction of sp³-hybridized carbons (Fsp3) is 0.600. The molecule has 90 valence electrons. The highest BCUT2D eigenvalue weighted by Gasteiger charge is 2.07. The zero-order valence-corrected chi connectivity index (χ0v) is 11.2. The molecule has 0 heterocycles. The minimum Gasteiger partial charge on any atom is -0.377 e. The van der Waals surface area contributed by atoms with Crippen molar-refractivity contribution in [2.75, 3.05) is 19.0 Å². The number of nitrogens with zero attached hydrogens (tertiary/aromatic N) is 1. The van der Waals surface area contributed by atoms with Gasteiger partial charge in [-0.1, -0.05) is 38.8 Å². The predicted molar refractivity (Wildman–Crippen MR) is 73.4 cm³/mol. The molecule has 1 rings (SSSR count). The first-order chi connectivity index (χ1) is 7.70. The molecule has 0 aromatic heterocycles. The monoisotopic (exact) mass is 219 g/mol. The zero-order valence-electron chi connectivity index (χ0n) is 11.2. The van der Waals surface area contributed by atoms with Crippen molar-refractivity contribution in [3.8, 4) is 0 Å². The van der Waals surface area contributed by atoms with Crippen LogP contribution in [0.25, 0.3) is 0 Å². The molecule has 0 aliphatic carbocycles. The first kappa shape index (κ1) is 13.1. The van der Waals surface area contributed by atoms with Gasteiger partial charge in [-0.05, 0) is 36.5 Å². The number of unbranched alkanes of at least 4 members (excludes halogenated alkanes) is 2. The molecule has 0 saturated carbocycles. The summed E-state index contributed by atoms with van der Waals surface area (Å²) in [5, 5.41) is 0. The van der Waals surface area contributed by atoms with E-state index in [1.54, 1.807) is 5.56 Å². The van der Waals surface area contributed by atoms with Crippen molar-refractivity contribution in [1.29, 1.82) is 0 Å². The van der Waals surface area contributed by atoms with E-state index in [1.165, 1.54) is 36.9 Å². The number of hydrogen-bond donors (Lipinski definition) is 0. The van der Waals surface area contributed by atoms with Crippen LogP contribution in [0.4, 0.5) is 5.69 Å². The van der Waals surface area contributed by atoms with Crippen molar-refractivity contribution < 1.29 is 0 Å². The van der Waals surface area contributed by atoms with Crippen LogP contribution in [0.5, 0.6) is 0 Å². The smallest absolute Gasteiger partial charge is 0.0396 e. The lowest BCUT2D eigenvalue weighted by Crippen LogP contribution is -2.12. The largest absolute Gasteiger partial charge is 0.377 e. The van der Waals surface area contributed by atoms with Crippen molar-refractivity contribution in [3.05, 3.63) is 29.3 Å². The van der Waals surface area contributed by atoms with Gasteiger partial charge in [-0.15, -0.1) is 0 Å². The Hall–Kier alpha value is -0.980. The van der Waals surface area contributed by atoms with E-state index in [9.17, 15) is 0 Å². The van der Waals surface area contributed by atoms with Gasteiger partial charge in [-0.2, -0.15) is 0 Å². The van der Waals surface area contributed by atoms with Crippen LogP contribution in [0.15, 0.2) is 18.2 Å². The molecule has 0 amide bonds. The molecule has 1 heteroatoms. The molecule has 0 atom stereocenters. The highest BCUT2D eigenvalue weighted by atomic mass is 15.1. The van der Waals surface area contributed by atoms with Crippen molar-refractivity contribution in [2.45, 2.75) is 46.0 Å². The Kier molecular flexibility index (Phi) is 5.37. The maximum atomic E-state index is 2.29. The van der Waals surface area contributed by atoms with Crippen LogP contribution in [0, 0.1) is 0 Å². The maximum Gasteiger partial charge on any atom is 0.0396 e. The Labute approximate surface area is 100 Å². The summed E-state index contributed by atoms with van der Waals surface area (Å²) >= 11 is 0. The lowest BCUT2D eigenvalue weighted by atomic mass is 9.97. The summed E-state index contributed by atoms with van der Waals surface area (Å²) in [6, 6.07) is 6.71. The number of rotatable bonds is 6. The van der Waals surface area contributed by atoms with Gasteiger partial charge in [0.1, 0.15) is 0 Å². The Bertz CT molecular complexity index is 315. The van der Waals surface area contributed by atoms with E-state index in [1.807, 2.05) is 0 Å². The number of aryl methyl sites for hydroxylation is 1. The van der Waals surface area contributed by atoms with Gasteiger partial charge >= 0.3 is 0 Å². The highest BCUT2D eigenvalue weighted by molar-refractivity contribution is 5.56. The second-order valence-electron chi connectivity index (χ2n) is 4.62. The first-order valence-corrected chi connectivity index (χ1v) is 6.48. The van der Waals surface area contributed by atoms with E-state index in [0.29, 0.717) is 0 Å². The third kappa shape index (κ3) is 3.26. The molecule has 0 bridgehead atoms. The van der Waals surface area contributed by atoms with E-state index in [4.69, 9.17) is 0 Å². The third-order valence-corrected chi connectivity index (χ3v) is 3.13. The van der Waals surface area contributed by atoms with Crippen LogP contribution < -0.4 is 4.90 Å². The van der Waals surface area contributed by atoms with E-state index in [2.05, 4.69) is 51.0 Å². The molecule has 0 saturated heterocycles. The fourth-order valence-electron chi connectivity index (χ4n) is 2.25. The van der Waals surface area contributed by atoms with Crippen molar-refractivity contribution >= 4 is 5.69 Å². The molecule has 0 fully saturated rings. The second kappa shape index (κ2) is 6.57. The van der Waals surface area contributed by atoms with E-state index >= 15 is 0 Å². The molecule has 0 unspecified atom stereocenters. The van der Waals surface area contributed by atoms with Gasteiger partial charge in [0.05, 0.1) is 0 Å². The van der Waals surface area contributed by atoms with Gasteiger partial charge in [0.25, 0.3) is 0 Å². The molecule has 1 aromatic rings. The van der Waals surface area contributed by atoms with Crippen molar-refractivity contribution in [1.82, 2.24) is 0 Å². The SMILES string of the molecule is CCCCCc1cccc(N(C)C)c1CC. The van der Waals surface area contributed by atoms with Crippen LogP contribution in [0.2, 0.25) is 0 Å². The number of hydrogen-bond acceptors (Lipinski definition) is 1. The molecular weight excluding hydrogens is 194 g/mol. The van der Waals surface area contributed by atoms with Gasteiger partial charge < -0.3 is 4.90 Å². The highest BCUT2D eigenvalue weighted by Crippen LogP contribution is 2.24. The molecule has 0 N–H and O–H groups in total. The van der Waals surface area contributed by atoms with Crippen molar-refractivity contribution in [2.24, 2.45) is 0 Å². The summed E-state index contributed by atoms with van der Waals surface area (Å²) in [6.45, 7) is 4.52. The van der Waals surface area contributed by atoms with Gasteiger partial charge in [-0.3, -0.25) is 0 Å². The maximum absolute atomic E-state index is 2.29. The Morgan fingerprint density at radius 3 is 2.38 bits per heavy atom. The fourth-order valence-corrected chi connectivity index (χ4v) is 2.25. The number of anilines is 1. The lowest BCUT2D eigenvalue weighted by Gasteiger charge is -2.19. The van der Waals surface area contributed by atoms with Gasteiger partial charge in [0.2, 0.25) is 0 Å². The minimum atomic E-state index is 1.13. The van der Waals surface area contributed by atoms with E-state index < -0.39 is 0 Å². The average Bonchev–Trinajstić information content (AvgIpc) is 2.29. The Balaban J connectivity index is 2.86. The summed E-state index contributed by atoms with van der Waals surface area (Å²) in [6.07, 6.45) is 6.33. The van der Waals surface area contributed by atoms with Crippen molar-refractivity contribution in [3.63, 3.8) is 0 Å². The molecule has 1 aromatic carbocycles.